The van der Waals surface area contributed by atoms with Gasteiger partial charge in [0.05, 0.1) is 18.0 Å². The molecular formula is C24H32N4O5S. The maximum atomic E-state index is 12.5. The number of hydrogen-bond donors (Lipinski definition) is 3. The van der Waals surface area contributed by atoms with E-state index < -0.39 is 28.0 Å². The minimum atomic E-state index is -3.89. The molecular weight excluding hydrogens is 456 g/mol. The number of nitrogens with zero attached hydrogens (tertiary/aromatic N) is 1. The van der Waals surface area contributed by atoms with E-state index in [0.717, 1.165) is 18.8 Å². The quantitative estimate of drug-likeness (QED) is 0.473. The first-order chi connectivity index (χ1) is 16.2. The Kier molecular flexibility index (Phi) is 8.51. The third-order valence-corrected chi connectivity index (χ3v) is 7.13. The van der Waals surface area contributed by atoms with Gasteiger partial charge >= 0.3 is 0 Å². The van der Waals surface area contributed by atoms with E-state index in [1.807, 2.05) is 24.3 Å². The molecule has 3 N–H and O–H groups in total. The van der Waals surface area contributed by atoms with E-state index in [1.165, 1.54) is 51.1 Å². The van der Waals surface area contributed by atoms with Crippen molar-refractivity contribution in [3.63, 3.8) is 0 Å². The van der Waals surface area contributed by atoms with Crippen molar-refractivity contribution in [2.24, 2.45) is 0 Å². The molecule has 1 aliphatic rings. The zero-order valence-electron chi connectivity index (χ0n) is 19.7. The average molecular weight is 489 g/mol. The first-order valence-corrected chi connectivity index (χ1v) is 12.8. The van der Waals surface area contributed by atoms with Crippen LogP contribution in [0.15, 0.2) is 53.4 Å². The molecule has 9 nitrogen and oxygen atoms in total. The summed E-state index contributed by atoms with van der Waals surface area (Å²) in [5.74, 6) is -0.231. The van der Waals surface area contributed by atoms with Crippen molar-refractivity contribution in [1.29, 1.82) is 0 Å². The van der Waals surface area contributed by atoms with Crippen LogP contribution in [0.1, 0.15) is 33.1 Å². The minimum absolute atomic E-state index is 0.0246. The molecule has 2 amide bonds. The lowest BCUT2D eigenvalue weighted by Gasteiger charge is -2.20. The molecule has 1 saturated heterocycles. The molecule has 0 saturated carbocycles. The Morgan fingerprint density at radius 1 is 1.06 bits per heavy atom. The van der Waals surface area contributed by atoms with Crippen molar-refractivity contribution in [1.82, 2.24) is 10.0 Å². The highest BCUT2D eigenvalue weighted by atomic mass is 32.2. The predicted octanol–water partition coefficient (Wildman–Crippen LogP) is 2.50. The first kappa shape index (κ1) is 25.5. The predicted molar refractivity (Wildman–Crippen MR) is 132 cm³/mol. The molecule has 2 aromatic rings. The standard InChI is InChI=1S/C24H32N4O5S/c1-17(15-23(29)26-19-7-6-8-20(16-19)28-13-4-5-14-28)25-24(30)18(2)27-34(31,32)22-11-9-21(33-3)10-12-22/h6-12,16-18,27H,4-5,13-15H2,1-3H3,(H,25,30)(H,26,29)/t17?,18-/m0/s1. The van der Waals surface area contributed by atoms with Gasteiger partial charge in [-0.3, -0.25) is 9.59 Å². The summed E-state index contributed by atoms with van der Waals surface area (Å²) in [7, 11) is -2.40. The lowest BCUT2D eigenvalue weighted by atomic mass is 10.2. The molecule has 0 aromatic heterocycles. The average Bonchev–Trinajstić information content (AvgIpc) is 3.34. The van der Waals surface area contributed by atoms with Crippen molar-refractivity contribution in [3.05, 3.63) is 48.5 Å². The number of anilines is 2. The molecule has 184 valence electrons. The highest BCUT2D eigenvalue weighted by molar-refractivity contribution is 7.89. The third kappa shape index (κ3) is 6.94. The molecule has 10 heteroatoms. The van der Waals surface area contributed by atoms with E-state index in [9.17, 15) is 18.0 Å². The molecule has 0 spiro atoms. The number of carbonyl (C=O) groups is 2. The van der Waals surface area contributed by atoms with Crippen LogP contribution >= 0.6 is 0 Å². The second-order valence-electron chi connectivity index (χ2n) is 8.42. The molecule has 2 atom stereocenters. The number of methoxy groups -OCH3 is 1. The molecule has 0 radical (unpaired) electrons. The van der Waals surface area contributed by atoms with Crippen molar-refractivity contribution < 1.29 is 22.7 Å². The van der Waals surface area contributed by atoms with Crippen molar-refractivity contribution in [2.45, 2.75) is 50.1 Å². The Hall–Kier alpha value is -3.11. The summed E-state index contributed by atoms with van der Waals surface area (Å²) in [6, 6.07) is 12.1. The fourth-order valence-corrected chi connectivity index (χ4v) is 4.98. The van der Waals surface area contributed by atoms with Crippen LogP contribution in [-0.4, -0.2) is 52.5 Å². The topological polar surface area (TPSA) is 117 Å². The molecule has 1 fully saturated rings. The summed E-state index contributed by atoms with van der Waals surface area (Å²) in [6.45, 7) is 5.18. The van der Waals surface area contributed by atoms with Gasteiger partial charge in [-0.15, -0.1) is 0 Å². The zero-order valence-corrected chi connectivity index (χ0v) is 20.5. The normalized spacial score (nSPS) is 15.4. The Morgan fingerprint density at radius 3 is 2.38 bits per heavy atom. The van der Waals surface area contributed by atoms with Crippen molar-refractivity contribution >= 4 is 33.2 Å². The monoisotopic (exact) mass is 488 g/mol. The van der Waals surface area contributed by atoms with Gasteiger partial charge in [-0.25, -0.2) is 8.42 Å². The number of sulfonamides is 1. The summed E-state index contributed by atoms with van der Waals surface area (Å²) in [5, 5.41) is 5.56. The van der Waals surface area contributed by atoms with E-state index in [0.29, 0.717) is 11.4 Å². The number of rotatable bonds is 10. The van der Waals surface area contributed by atoms with E-state index in [1.54, 1.807) is 6.92 Å². The Balaban J connectivity index is 1.49. The summed E-state index contributed by atoms with van der Waals surface area (Å²) in [4.78, 5) is 27.3. The lowest BCUT2D eigenvalue weighted by Crippen LogP contribution is -2.47. The van der Waals surface area contributed by atoms with Gasteiger partial charge in [0, 0.05) is 36.9 Å². The molecule has 1 heterocycles. The van der Waals surface area contributed by atoms with Crippen LogP contribution in [0.2, 0.25) is 0 Å². The van der Waals surface area contributed by atoms with E-state index in [4.69, 9.17) is 4.74 Å². The van der Waals surface area contributed by atoms with Crippen LogP contribution in [0.25, 0.3) is 0 Å². The van der Waals surface area contributed by atoms with Crippen molar-refractivity contribution in [2.75, 3.05) is 30.4 Å². The second kappa shape index (κ2) is 11.3. The van der Waals surface area contributed by atoms with E-state index >= 15 is 0 Å². The van der Waals surface area contributed by atoms with Crippen molar-refractivity contribution in [3.8, 4) is 5.75 Å². The third-order valence-electron chi connectivity index (χ3n) is 5.58. The van der Waals surface area contributed by atoms with E-state index in [-0.39, 0.29) is 17.2 Å². The highest BCUT2D eigenvalue weighted by Crippen LogP contribution is 2.23. The number of amides is 2. The van der Waals surface area contributed by atoms with Gasteiger partial charge in [-0.2, -0.15) is 4.72 Å². The molecule has 0 aliphatic carbocycles. The molecule has 34 heavy (non-hydrogen) atoms. The Morgan fingerprint density at radius 2 is 1.74 bits per heavy atom. The fraction of sp³-hybridized carbons (Fsp3) is 0.417. The molecule has 3 rings (SSSR count). The molecule has 2 aromatic carbocycles. The summed E-state index contributed by atoms with van der Waals surface area (Å²) in [6.07, 6.45) is 2.39. The lowest BCUT2D eigenvalue weighted by molar-refractivity contribution is -0.123. The second-order valence-corrected chi connectivity index (χ2v) is 10.1. The van der Waals surface area contributed by atoms with Crippen LogP contribution in [-0.2, 0) is 19.6 Å². The van der Waals surface area contributed by atoms with Crippen LogP contribution < -0.4 is 25.0 Å². The summed E-state index contributed by atoms with van der Waals surface area (Å²) >= 11 is 0. The van der Waals surface area contributed by atoms with E-state index in [2.05, 4.69) is 20.3 Å². The number of carbonyl (C=O) groups excluding carboxylic acids is 2. The Bertz CT molecular complexity index is 1100. The fourth-order valence-electron chi connectivity index (χ4n) is 3.77. The van der Waals surface area contributed by atoms with Crippen LogP contribution in [0.4, 0.5) is 11.4 Å². The molecule has 1 unspecified atom stereocenters. The number of ether oxygens (including phenoxy) is 1. The van der Waals surface area contributed by atoms with Crippen LogP contribution in [0.5, 0.6) is 5.75 Å². The number of hydrogen-bond acceptors (Lipinski definition) is 6. The van der Waals surface area contributed by atoms with Gasteiger partial charge < -0.3 is 20.3 Å². The van der Waals surface area contributed by atoms with Gasteiger partial charge in [-0.1, -0.05) is 6.07 Å². The van der Waals surface area contributed by atoms with Gasteiger partial charge in [0.2, 0.25) is 21.8 Å². The van der Waals surface area contributed by atoms with Gasteiger partial charge in [0.25, 0.3) is 0 Å². The molecule has 1 aliphatic heterocycles. The first-order valence-electron chi connectivity index (χ1n) is 11.3. The van der Waals surface area contributed by atoms with Crippen LogP contribution in [0.3, 0.4) is 0 Å². The molecule has 0 bridgehead atoms. The smallest absolute Gasteiger partial charge is 0.241 e. The van der Waals surface area contributed by atoms with Gasteiger partial charge in [0.15, 0.2) is 0 Å². The summed E-state index contributed by atoms with van der Waals surface area (Å²) in [5.41, 5.74) is 1.78. The largest absolute Gasteiger partial charge is 0.497 e. The van der Waals surface area contributed by atoms with Gasteiger partial charge in [0.1, 0.15) is 5.75 Å². The zero-order chi connectivity index (χ0) is 24.7. The number of nitrogens with one attached hydrogen (secondary N) is 3. The minimum Gasteiger partial charge on any atom is -0.497 e. The number of benzene rings is 2. The summed E-state index contributed by atoms with van der Waals surface area (Å²) < 4.78 is 32.5. The van der Waals surface area contributed by atoms with Gasteiger partial charge in [-0.05, 0) is 69.2 Å². The van der Waals surface area contributed by atoms with Crippen LogP contribution in [0, 0.1) is 0 Å². The maximum Gasteiger partial charge on any atom is 0.241 e. The maximum absolute atomic E-state index is 12.5. The highest BCUT2D eigenvalue weighted by Gasteiger charge is 2.23. The SMILES string of the molecule is COc1ccc(S(=O)(=O)N[C@@H](C)C(=O)NC(C)CC(=O)Nc2cccc(N3CCCC3)c2)cc1. The Labute approximate surface area is 200 Å².